The fraction of sp³-hybridized carbons (Fsp3) is 0.286. The quantitative estimate of drug-likeness (QED) is 0.636. The number of hydrogen-bond donors (Lipinski definition) is 2. The lowest BCUT2D eigenvalue weighted by Crippen LogP contribution is -2.29. The number of likely N-dealkylation sites (N-methyl/N-ethyl adjacent to an activating group) is 1. The van der Waals surface area contributed by atoms with Gasteiger partial charge in [-0.3, -0.25) is 14.9 Å². The van der Waals surface area contributed by atoms with Gasteiger partial charge in [-0.1, -0.05) is 11.6 Å². The van der Waals surface area contributed by atoms with Crippen LogP contribution < -0.4 is 10.6 Å². The van der Waals surface area contributed by atoms with E-state index >= 15 is 0 Å². The number of hydrogen-bond acceptors (Lipinski definition) is 6. The average molecular weight is 352 g/mol. The van der Waals surface area contributed by atoms with Crippen molar-refractivity contribution >= 4 is 45.6 Å². The maximum Gasteiger partial charge on any atom is 0.315 e. The van der Waals surface area contributed by atoms with E-state index in [9.17, 15) is 9.59 Å². The third-order valence-electron chi connectivity index (χ3n) is 3.36. The minimum atomic E-state index is -0.815. The molecule has 1 aliphatic heterocycles. The summed E-state index contributed by atoms with van der Waals surface area (Å²) in [6, 6.07) is 3.18. The molecule has 0 fully saturated rings. The number of pyridine rings is 1. The Morgan fingerprint density at radius 1 is 1.35 bits per heavy atom. The molecule has 0 saturated heterocycles. The van der Waals surface area contributed by atoms with Crippen LogP contribution in [0.3, 0.4) is 0 Å². The Hall–Kier alpha value is -2.03. The Balaban J connectivity index is 1.65. The van der Waals surface area contributed by atoms with Crippen molar-refractivity contribution in [3.63, 3.8) is 0 Å². The summed E-state index contributed by atoms with van der Waals surface area (Å²) in [7, 11) is 2.03. The zero-order chi connectivity index (χ0) is 16.4. The van der Waals surface area contributed by atoms with E-state index in [0.29, 0.717) is 5.13 Å². The molecule has 2 aromatic rings. The molecule has 23 heavy (non-hydrogen) atoms. The monoisotopic (exact) mass is 351 g/mol. The first-order chi connectivity index (χ1) is 11.0. The van der Waals surface area contributed by atoms with Gasteiger partial charge in [-0.2, -0.15) is 0 Å². The lowest BCUT2D eigenvalue weighted by Gasteiger charge is -2.20. The minimum absolute atomic E-state index is 0.126. The number of halogens is 1. The molecule has 2 N–H and O–H groups in total. The van der Waals surface area contributed by atoms with Crippen molar-refractivity contribution in [2.75, 3.05) is 24.2 Å². The van der Waals surface area contributed by atoms with Crippen LogP contribution in [0.2, 0.25) is 5.15 Å². The second-order valence-corrected chi connectivity index (χ2v) is 6.57. The summed E-state index contributed by atoms with van der Waals surface area (Å²) in [5.41, 5.74) is 1.27. The molecule has 9 heteroatoms. The van der Waals surface area contributed by atoms with E-state index in [1.807, 2.05) is 7.05 Å². The van der Waals surface area contributed by atoms with Gasteiger partial charge in [-0.15, -0.1) is 11.3 Å². The maximum atomic E-state index is 12.0. The molecule has 0 unspecified atom stereocenters. The molecular weight excluding hydrogens is 338 g/mol. The van der Waals surface area contributed by atoms with E-state index in [4.69, 9.17) is 11.6 Å². The number of thiazole rings is 1. The van der Waals surface area contributed by atoms with Gasteiger partial charge in [-0.25, -0.2) is 9.97 Å². The molecule has 0 aromatic carbocycles. The van der Waals surface area contributed by atoms with E-state index < -0.39 is 11.8 Å². The zero-order valence-corrected chi connectivity index (χ0v) is 13.9. The number of rotatable bonds is 2. The topological polar surface area (TPSA) is 87.2 Å². The molecule has 7 nitrogen and oxygen atoms in total. The van der Waals surface area contributed by atoms with Gasteiger partial charge >= 0.3 is 11.8 Å². The molecule has 1 aliphatic rings. The Morgan fingerprint density at radius 2 is 2.13 bits per heavy atom. The first-order valence-corrected chi connectivity index (χ1v) is 8.12. The van der Waals surface area contributed by atoms with Crippen molar-refractivity contribution < 1.29 is 9.59 Å². The lowest BCUT2D eigenvalue weighted by atomic mass is 10.2. The van der Waals surface area contributed by atoms with Crippen molar-refractivity contribution in [2.45, 2.75) is 13.0 Å². The summed E-state index contributed by atoms with van der Waals surface area (Å²) < 4.78 is 0. The smallest absolute Gasteiger partial charge is 0.315 e. The highest BCUT2D eigenvalue weighted by Crippen LogP contribution is 2.27. The van der Waals surface area contributed by atoms with Crippen LogP contribution in [0.15, 0.2) is 18.3 Å². The van der Waals surface area contributed by atoms with Crippen LogP contribution >= 0.6 is 22.9 Å². The fourth-order valence-corrected chi connectivity index (χ4v) is 3.44. The Labute approximate surface area is 141 Å². The van der Waals surface area contributed by atoms with Crippen molar-refractivity contribution in [1.82, 2.24) is 14.9 Å². The van der Waals surface area contributed by atoms with E-state index in [-0.39, 0.29) is 10.8 Å². The molecule has 3 rings (SSSR count). The second kappa shape index (κ2) is 6.61. The van der Waals surface area contributed by atoms with Crippen LogP contribution in [-0.4, -0.2) is 40.3 Å². The molecule has 0 aliphatic carbocycles. The van der Waals surface area contributed by atoms with Gasteiger partial charge in [0, 0.05) is 30.6 Å². The summed E-state index contributed by atoms with van der Waals surface area (Å²) >= 11 is 7.23. The second-order valence-electron chi connectivity index (χ2n) is 5.13. The van der Waals surface area contributed by atoms with E-state index in [0.717, 1.165) is 30.1 Å². The summed E-state index contributed by atoms with van der Waals surface area (Å²) in [5, 5.41) is 5.51. The molecule has 2 amide bonds. The minimum Gasteiger partial charge on any atom is -0.315 e. The van der Waals surface area contributed by atoms with Crippen LogP contribution in [0, 0.1) is 0 Å². The van der Waals surface area contributed by atoms with E-state index in [2.05, 4.69) is 25.5 Å². The molecule has 0 bridgehead atoms. The van der Waals surface area contributed by atoms with Crippen LogP contribution in [0.1, 0.15) is 10.6 Å². The third kappa shape index (κ3) is 3.66. The molecule has 0 spiro atoms. The number of nitrogens with zero attached hydrogens (tertiary/aromatic N) is 3. The number of nitrogens with one attached hydrogen (secondary N) is 2. The molecule has 3 heterocycles. The first kappa shape index (κ1) is 15.9. The van der Waals surface area contributed by atoms with E-state index in [1.165, 1.54) is 17.5 Å². The number of carbonyl (C=O) groups excluding carboxylic acids is 2. The van der Waals surface area contributed by atoms with E-state index in [1.54, 1.807) is 12.1 Å². The molecule has 120 valence electrons. The predicted octanol–water partition coefficient (Wildman–Crippen LogP) is 1.76. The summed E-state index contributed by atoms with van der Waals surface area (Å²) in [4.78, 5) is 35.4. The summed E-state index contributed by atoms with van der Waals surface area (Å²) in [6.07, 6.45) is 2.34. The highest BCUT2D eigenvalue weighted by atomic mass is 35.5. The molecular formula is C14H14ClN5O2S. The van der Waals surface area contributed by atoms with Gasteiger partial charge in [0.1, 0.15) is 0 Å². The number of fused-ring (bicyclic) bond motifs is 1. The fourth-order valence-electron chi connectivity index (χ4n) is 2.19. The summed E-state index contributed by atoms with van der Waals surface area (Å²) in [6.45, 7) is 1.74. The van der Waals surface area contributed by atoms with Gasteiger partial charge < -0.3 is 10.2 Å². The van der Waals surface area contributed by atoms with Crippen molar-refractivity contribution in [2.24, 2.45) is 0 Å². The van der Waals surface area contributed by atoms with Gasteiger partial charge in [0.2, 0.25) is 0 Å². The van der Waals surface area contributed by atoms with Crippen LogP contribution in [0.4, 0.5) is 10.8 Å². The van der Waals surface area contributed by atoms with Crippen LogP contribution in [0.5, 0.6) is 0 Å². The maximum absolute atomic E-state index is 12.0. The van der Waals surface area contributed by atoms with Crippen molar-refractivity contribution in [3.05, 3.63) is 34.1 Å². The zero-order valence-electron chi connectivity index (χ0n) is 12.3. The molecule has 0 atom stereocenters. The van der Waals surface area contributed by atoms with Crippen molar-refractivity contribution in [1.29, 1.82) is 0 Å². The molecule has 0 saturated carbocycles. The van der Waals surface area contributed by atoms with Crippen molar-refractivity contribution in [3.8, 4) is 0 Å². The highest BCUT2D eigenvalue weighted by molar-refractivity contribution is 7.16. The standard InChI is InChI=1S/C14H14ClN5O2S/c1-20-6-4-8-10(7-20)23-14(18-8)19-13(22)12(21)17-9-3-2-5-16-11(9)15/h2-3,5H,4,6-7H2,1H3,(H,17,21)(H,18,19,22). The van der Waals surface area contributed by atoms with Gasteiger partial charge in [-0.05, 0) is 19.2 Å². The highest BCUT2D eigenvalue weighted by Gasteiger charge is 2.21. The Bertz CT molecular complexity index is 763. The Morgan fingerprint density at radius 3 is 2.91 bits per heavy atom. The lowest BCUT2D eigenvalue weighted by molar-refractivity contribution is -0.133. The SMILES string of the molecule is CN1CCc2nc(NC(=O)C(=O)Nc3cccnc3Cl)sc2C1. The predicted molar refractivity (Wildman–Crippen MR) is 88.7 cm³/mol. The van der Waals surface area contributed by atoms with Gasteiger partial charge in [0.15, 0.2) is 10.3 Å². The normalized spacial score (nSPS) is 14.2. The molecule has 2 aromatic heterocycles. The number of carbonyl (C=O) groups is 2. The number of amides is 2. The van der Waals surface area contributed by atoms with Crippen LogP contribution in [-0.2, 0) is 22.6 Å². The van der Waals surface area contributed by atoms with Crippen LogP contribution in [0.25, 0.3) is 0 Å². The molecule has 0 radical (unpaired) electrons. The average Bonchev–Trinajstić information content (AvgIpc) is 2.90. The first-order valence-electron chi connectivity index (χ1n) is 6.93. The summed E-state index contributed by atoms with van der Waals surface area (Å²) in [5.74, 6) is -1.60. The number of aromatic nitrogens is 2. The number of anilines is 2. The Kier molecular flexibility index (Phi) is 4.56. The van der Waals surface area contributed by atoms with Gasteiger partial charge in [0.05, 0.1) is 11.4 Å². The van der Waals surface area contributed by atoms with Gasteiger partial charge in [0.25, 0.3) is 0 Å². The third-order valence-corrected chi connectivity index (χ3v) is 4.66. The largest absolute Gasteiger partial charge is 0.315 e.